The normalized spacial score (nSPS) is 10.3. The van der Waals surface area contributed by atoms with Gasteiger partial charge in [0.25, 0.3) is 5.91 Å². The second-order valence-corrected chi connectivity index (χ2v) is 3.33. The van der Waals surface area contributed by atoms with Gasteiger partial charge in [-0.3, -0.25) is 14.8 Å². The van der Waals surface area contributed by atoms with Crippen LogP contribution in [0.3, 0.4) is 0 Å². The van der Waals surface area contributed by atoms with Crippen LogP contribution >= 0.6 is 0 Å². The second-order valence-electron chi connectivity index (χ2n) is 3.33. The monoisotopic (exact) mass is 201 g/mol. The molecule has 1 aromatic heterocycles. The van der Waals surface area contributed by atoms with Gasteiger partial charge in [0, 0.05) is 24.2 Å². The van der Waals surface area contributed by atoms with E-state index in [9.17, 15) is 4.79 Å². The molecule has 0 radical (unpaired) electrons. The molecule has 0 aliphatic rings. The average molecular weight is 201 g/mol. The summed E-state index contributed by atoms with van der Waals surface area (Å²) in [6.45, 7) is 0. The summed E-state index contributed by atoms with van der Waals surface area (Å²) in [5.41, 5.74) is 1.44. The second kappa shape index (κ2) is 3.67. The van der Waals surface area contributed by atoms with Gasteiger partial charge in [-0.1, -0.05) is 6.07 Å². The molecule has 76 valence electrons. The number of benzene rings is 1. The Hall–Kier alpha value is -1.94. The summed E-state index contributed by atoms with van der Waals surface area (Å²) in [5.74, 6) is 5.17. The maximum atomic E-state index is 11.6. The van der Waals surface area contributed by atoms with E-state index < -0.39 is 0 Å². The Kier molecular flexibility index (Phi) is 2.35. The van der Waals surface area contributed by atoms with Crippen molar-refractivity contribution in [2.75, 3.05) is 7.05 Å². The van der Waals surface area contributed by atoms with Crippen molar-refractivity contribution >= 4 is 16.8 Å². The lowest BCUT2D eigenvalue weighted by atomic mass is 10.1. The Morgan fingerprint density at radius 1 is 1.40 bits per heavy atom. The van der Waals surface area contributed by atoms with Crippen molar-refractivity contribution in [3.05, 3.63) is 42.1 Å². The quantitative estimate of drug-likeness (QED) is 0.428. The largest absolute Gasteiger partial charge is 0.280 e. The van der Waals surface area contributed by atoms with Crippen LogP contribution in [-0.4, -0.2) is 22.9 Å². The average Bonchev–Trinajstić information content (AvgIpc) is 2.27. The van der Waals surface area contributed by atoms with Crippen molar-refractivity contribution in [1.29, 1.82) is 0 Å². The van der Waals surface area contributed by atoms with E-state index in [2.05, 4.69) is 4.98 Å². The van der Waals surface area contributed by atoms with Crippen LogP contribution in [0.25, 0.3) is 10.9 Å². The highest BCUT2D eigenvalue weighted by molar-refractivity contribution is 5.97. The van der Waals surface area contributed by atoms with E-state index in [-0.39, 0.29) is 5.91 Å². The maximum Gasteiger partial charge on any atom is 0.267 e. The molecule has 1 heterocycles. The number of nitrogens with two attached hydrogens (primary N) is 1. The van der Waals surface area contributed by atoms with Gasteiger partial charge in [0.1, 0.15) is 0 Å². The summed E-state index contributed by atoms with van der Waals surface area (Å²) in [4.78, 5) is 15.7. The zero-order valence-corrected chi connectivity index (χ0v) is 8.34. The number of carbonyl (C=O) groups is 1. The zero-order chi connectivity index (χ0) is 10.8. The Labute approximate surface area is 87.3 Å². The van der Waals surface area contributed by atoms with Crippen LogP contribution in [0.15, 0.2) is 36.5 Å². The molecule has 15 heavy (non-hydrogen) atoms. The molecule has 2 rings (SSSR count). The first-order chi connectivity index (χ1) is 7.18. The Morgan fingerprint density at radius 3 is 2.93 bits per heavy atom. The third-order valence-electron chi connectivity index (χ3n) is 2.17. The maximum absolute atomic E-state index is 11.6. The lowest BCUT2D eigenvalue weighted by molar-refractivity contribution is 0.0795. The van der Waals surface area contributed by atoms with Gasteiger partial charge in [-0.2, -0.15) is 0 Å². The lowest BCUT2D eigenvalue weighted by Gasteiger charge is -2.09. The molecule has 0 fully saturated rings. The molecule has 2 aromatic rings. The summed E-state index contributed by atoms with van der Waals surface area (Å²) < 4.78 is 0. The summed E-state index contributed by atoms with van der Waals surface area (Å²) in [6.07, 6.45) is 1.72. The van der Waals surface area contributed by atoms with E-state index in [1.165, 1.54) is 7.05 Å². The van der Waals surface area contributed by atoms with E-state index in [1.54, 1.807) is 18.3 Å². The van der Waals surface area contributed by atoms with Gasteiger partial charge < -0.3 is 0 Å². The van der Waals surface area contributed by atoms with Gasteiger partial charge in [-0.15, -0.1) is 0 Å². The highest BCUT2D eigenvalue weighted by atomic mass is 16.2. The van der Waals surface area contributed by atoms with Crippen LogP contribution in [0.1, 0.15) is 10.4 Å². The first kappa shape index (κ1) is 9.61. The third kappa shape index (κ3) is 1.80. The van der Waals surface area contributed by atoms with Crippen molar-refractivity contribution in [1.82, 2.24) is 9.99 Å². The zero-order valence-electron chi connectivity index (χ0n) is 8.34. The lowest BCUT2D eigenvalue weighted by Crippen LogP contribution is -2.33. The Balaban J connectivity index is 2.52. The minimum absolute atomic E-state index is 0.208. The number of fused-ring (bicyclic) bond motifs is 1. The van der Waals surface area contributed by atoms with Crippen LogP contribution in [-0.2, 0) is 0 Å². The number of nitrogens with zero attached hydrogens (tertiary/aromatic N) is 2. The fraction of sp³-hybridized carbons (Fsp3) is 0.0909. The van der Waals surface area contributed by atoms with Crippen LogP contribution < -0.4 is 5.84 Å². The SMILES string of the molecule is CN(N)C(=O)c1ccc2ncccc2c1. The van der Waals surface area contributed by atoms with Crippen molar-refractivity contribution in [2.24, 2.45) is 5.84 Å². The van der Waals surface area contributed by atoms with E-state index in [0.717, 1.165) is 15.9 Å². The van der Waals surface area contributed by atoms with Crippen LogP contribution in [0.5, 0.6) is 0 Å². The molecule has 4 heteroatoms. The van der Waals surface area contributed by atoms with Gasteiger partial charge in [0.15, 0.2) is 0 Å². The molecule has 1 aromatic carbocycles. The molecule has 0 atom stereocenters. The highest BCUT2D eigenvalue weighted by Crippen LogP contribution is 2.13. The number of carbonyl (C=O) groups excluding carboxylic acids is 1. The topological polar surface area (TPSA) is 59.2 Å². The fourth-order valence-electron chi connectivity index (χ4n) is 1.41. The first-order valence-electron chi connectivity index (χ1n) is 4.56. The molecule has 0 spiro atoms. The standard InChI is InChI=1S/C11H11N3O/c1-14(12)11(15)9-4-5-10-8(7-9)3-2-6-13-10/h2-7H,12H2,1H3. The third-order valence-corrected chi connectivity index (χ3v) is 2.17. The predicted molar refractivity (Wildman–Crippen MR) is 58.0 cm³/mol. The number of hydrazine groups is 1. The van der Waals surface area contributed by atoms with Gasteiger partial charge in [0.05, 0.1) is 5.52 Å². The number of amides is 1. The number of aromatic nitrogens is 1. The summed E-state index contributed by atoms with van der Waals surface area (Å²) in [7, 11) is 1.52. The summed E-state index contributed by atoms with van der Waals surface area (Å²) >= 11 is 0. The molecule has 0 bridgehead atoms. The number of rotatable bonds is 1. The number of pyridine rings is 1. The van der Waals surface area contributed by atoms with Gasteiger partial charge in [0.2, 0.25) is 0 Å². The van der Waals surface area contributed by atoms with E-state index in [4.69, 9.17) is 5.84 Å². The van der Waals surface area contributed by atoms with Crippen LogP contribution in [0.4, 0.5) is 0 Å². The summed E-state index contributed by atoms with van der Waals surface area (Å²) in [6, 6.07) is 9.07. The predicted octanol–water partition coefficient (Wildman–Crippen LogP) is 1.18. The van der Waals surface area contributed by atoms with Gasteiger partial charge in [-0.05, 0) is 24.3 Å². The molecule has 0 aliphatic heterocycles. The Morgan fingerprint density at radius 2 is 2.20 bits per heavy atom. The van der Waals surface area contributed by atoms with Crippen LogP contribution in [0, 0.1) is 0 Å². The van der Waals surface area contributed by atoms with E-state index in [0.29, 0.717) is 5.56 Å². The number of hydrogen-bond donors (Lipinski definition) is 1. The molecule has 0 unspecified atom stereocenters. The minimum atomic E-state index is -0.208. The molecule has 4 nitrogen and oxygen atoms in total. The Bertz CT molecular complexity index is 508. The van der Waals surface area contributed by atoms with Gasteiger partial charge >= 0.3 is 0 Å². The van der Waals surface area contributed by atoms with Crippen molar-refractivity contribution < 1.29 is 4.79 Å². The highest BCUT2D eigenvalue weighted by Gasteiger charge is 2.08. The molecule has 1 amide bonds. The molecule has 0 saturated carbocycles. The summed E-state index contributed by atoms with van der Waals surface area (Å²) in [5, 5.41) is 2.00. The molecule has 0 saturated heterocycles. The van der Waals surface area contributed by atoms with E-state index in [1.807, 2.05) is 18.2 Å². The number of hydrogen-bond acceptors (Lipinski definition) is 3. The van der Waals surface area contributed by atoms with Crippen molar-refractivity contribution in [3.8, 4) is 0 Å². The molecular weight excluding hydrogens is 190 g/mol. The van der Waals surface area contributed by atoms with E-state index >= 15 is 0 Å². The smallest absolute Gasteiger partial charge is 0.267 e. The molecular formula is C11H11N3O. The first-order valence-corrected chi connectivity index (χ1v) is 4.56. The molecule has 0 aliphatic carbocycles. The van der Waals surface area contributed by atoms with Crippen molar-refractivity contribution in [2.45, 2.75) is 0 Å². The fourth-order valence-corrected chi connectivity index (χ4v) is 1.41. The minimum Gasteiger partial charge on any atom is -0.280 e. The molecule has 2 N–H and O–H groups in total. The van der Waals surface area contributed by atoms with Gasteiger partial charge in [-0.25, -0.2) is 5.84 Å². The van der Waals surface area contributed by atoms with Crippen molar-refractivity contribution in [3.63, 3.8) is 0 Å². The van der Waals surface area contributed by atoms with Crippen LogP contribution in [0.2, 0.25) is 0 Å².